The van der Waals surface area contributed by atoms with Crippen LogP contribution in [0.2, 0.25) is 24.7 Å². The Morgan fingerprint density at radius 1 is 0.500 bits per heavy atom. The molecule has 0 heterocycles. The summed E-state index contributed by atoms with van der Waals surface area (Å²) in [6.45, 7) is 9.64. The molecular formula is C25H52Si. The summed E-state index contributed by atoms with van der Waals surface area (Å²) >= 11 is 0. The van der Waals surface area contributed by atoms with Crippen LogP contribution in [0.3, 0.4) is 0 Å². The lowest BCUT2D eigenvalue weighted by Gasteiger charge is -2.26. The highest BCUT2D eigenvalue weighted by molar-refractivity contribution is 6.79. The van der Waals surface area contributed by atoms with Gasteiger partial charge in [-0.2, -0.15) is 0 Å². The molecule has 0 unspecified atom stereocenters. The highest BCUT2D eigenvalue weighted by Crippen LogP contribution is 2.28. The van der Waals surface area contributed by atoms with Crippen LogP contribution in [0.25, 0.3) is 0 Å². The molecule has 0 nitrogen and oxygen atoms in total. The highest BCUT2D eigenvalue weighted by Gasteiger charge is 2.24. The van der Waals surface area contributed by atoms with Gasteiger partial charge in [0.2, 0.25) is 0 Å². The van der Waals surface area contributed by atoms with Crippen molar-refractivity contribution in [3.8, 4) is 0 Å². The summed E-state index contributed by atoms with van der Waals surface area (Å²) in [5.41, 5.74) is 0. The van der Waals surface area contributed by atoms with Gasteiger partial charge >= 0.3 is 0 Å². The number of rotatable bonds is 20. The summed E-state index contributed by atoms with van der Waals surface area (Å²) in [6.07, 6.45) is 28.0. The maximum Gasteiger partial charge on any atom is 0.0542 e. The van der Waals surface area contributed by atoms with Gasteiger partial charge in [0.25, 0.3) is 0 Å². The van der Waals surface area contributed by atoms with Crippen LogP contribution in [0, 0.1) is 0 Å². The average molecular weight is 381 g/mol. The molecule has 0 radical (unpaired) electrons. The average Bonchev–Trinajstić information content (AvgIpc) is 2.64. The quantitative estimate of drug-likeness (QED) is 0.112. The van der Waals surface area contributed by atoms with Crippen molar-refractivity contribution < 1.29 is 0 Å². The molecule has 0 aliphatic heterocycles. The van der Waals surface area contributed by atoms with Gasteiger partial charge < -0.3 is 0 Å². The number of allylic oxidation sites excluding steroid dienone is 2. The molecule has 1 heteroatoms. The first-order chi connectivity index (χ1) is 12.7. The van der Waals surface area contributed by atoms with E-state index in [9.17, 15) is 0 Å². The van der Waals surface area contributed by atoms with Crippen LogP contribution in [-0.4, -0.2) is 8.07 Å². The van der Waals surface area contributed by atoms with E-state index in [4.69, 9.17) is 0 Å². The van der Waals surface area contributed by atoms with Crippen LogP contribution in [0.4, 0.5) is 0 Å². The first-order valence-electron chi connectivity index (χ1n) is 12.3. The number of unbranched alkanes of at least 4 members (excludes halogenated alkanes) is 13. The van der Waals surface area contributed by atoms with Crippen molar-refractivity contribution in [2.75, 3.05) is 0 Å². The fourth-order valence-corrected chi connectivity index (χ4v) is 7.59. The van der Waals surface area contributed by atoms with Gasteiger partial charge in [0.05, 0.1) is 8.07 Å². The summed E-state index contributed by atoms with van der Waals surface area (Å²) < 4.78 is 0. The molecule has 0 saturated heterocycles. The molecule has 0 saturated carbocycles. The van der Waals surface area contributed by atoms with E-state index in [1.165, 1.54) is 109 Å². The van der Waals surface area contributed by atoms with Gasteiger partial charge in [0, 0.05) is 0 Å². The van der Waals surface area contributed by atoms with Gasteiger partial charge in [-0.15, -0.1) is 0 Å². The lowest BCUT2D eigenvalue weighted by molar-refractivity contribution is 0.614. The van der Waals surface area contributed by atoms with Gasteiger partial charge in [-0.1, -0.05) is 141 Å². The Labute approximate surface area is 168 Å². The molecule has 156 valence electrons. The van der Waals surface area contributed by atoms with Crippen molar-refractivity contribution in [1.29, 1.82) is 0 Å². The lowest BCUT2D eigenvalue weighted by Crippen LogP contribution is -2.28. The Kier molecular flexibility index (Phi) is 19.7. The fourth-order valence-electron chi connectivity index (χ4n) is 3.99. The first kappa shape index (κ1) is 26.0. The molecule has 0 aliphatic carbocycles. The van der Waals surface area contributed by atoms with Crippen molar-refractivity contribution >= 4 is 8.07 Å². The molecule has 0 amide bonds. The molecule has 0 aromatic heterocycles. The van der Waals surface area contributed by atoms with E-state index < -0.39 is 8.07 Å². The van der Waals surface area contributed by atoms with E-state index in [0.29, 0.717) is 0 Å². The zero-order chi connectivity index (χ0) is 19.3. The SMILES string of the molecule is CCCCC/C=C/C[Si](C)(CCCCCCCC)CCCCCCCC. The van der Waals surface area contributed by atoms with Crippen LogP contribution < -0.4 is 0 Å². The van der Waals surface area contributed by atoms with Gasteiger partial charge in [-0.3, -0.25) is 0 Å². The van der Waals surface area contributed by atoms with Crippen molar-refractivity contribution in [3.05, 3.63) is 12.2 Å². The second-order valence-electron chi connectivity index (χ2n) is 9.02. The molecule has 26 heavy (non-hydrogen) atoms. The van der Waals surface area contributed by atoms with E-state index in [1.54, 1.807) is 12.1 Å². The van der Waals surface area contributed by atoms with Crippen LogP contribution in [0.1, 0.15) is 124 Å². The molecule has 0 aliphatic rings. The minimum atomic E-state index is -1.04. The molecular weight excluding hydrogens is 328 g/mol. The third-order valence-corrected chi connectivity index (χ3v) is 10.4. The molecule has 0 N–H and O–H groups in total. The van der Waals surface area contributed by atoms with E-state index in [0.717, 1.165) is 0 Å². The topological polar surface area (TPSA) is 0 Å². The normalized spacial score (nSPS) is 12.3. The standard InChI is InChI=1S/C25H52Si/c1-5-8-11-14-17-20-23-26(4,24-21-18-15-12-9-6-2)25-22-19-16-13-10-7-3/h17,20H,5-16,18-19,21-25H2,1-4H3/b20-17+. The molecule has 0 rings (SSSR count). The third-order valence-electron chi connectivity index (χ3n) is 6.02. The minimum absolute atomic E-state index is 1.04. The zero-order valence-corrected chi connectivity index (χ0v) is 20.1. The molecule has 0 aromatic carbocycles. The van der Waals surface area contributed by atoms with Gasteiger partial charge in [0.1, 0.15) is 0 Å². The Morgan fingerprint density at radius 3 is 1.42 bits per heavy atom. The van der Waals surface area contributed by atoms with E-state index in [-0.39, 0.29) is 0 Å². The summed E-state index contributed by atoms with van der Waals surface area (Å²) in [5.74, 6) is 0. The maximum atomic E-state index is 2.71. The van der Waals surface area contributed by atoms with Crippen LogP contribution >= 0.6 is 0 Å². The number of hydrogen-bond acceptors (Lipinski definition) is 0. The summed E-state index contributed by atoms with van der Waals surface area (Å²) in [6, 6.07) is 4.60. The van der Waals surface area contributed by atoms with E-state index in [1.807, 2.05) is 0 Å². The van der Waals surface area contributed by atoms with E-state index in [2.05, 4.69) is 39.5 Å². The van der Waals surface area contributed by atoms with Crippen LogP contribution in [-0.2, 0) is 0 Å². The smallest absolute Gasteiger partial charge is 0.0542 e. The summed E-state index contributed by atoms with van der Waals surface area (Å²) in [7, 11) is -1.04. The Balaban J connectivity index is 4.14. The van der Waals surface area contributed by atoms with Crippen molar-refractivity contribution in [3.63, 3.8) is 0 Å². The molecule has 0 atom stereocenters. The molecule has 0 spiro atoms. The largest absolute Gasteiger partial charge is 0.0912 e. The second-order valence-corrected chi connectivity index (χ2v) is 14.0. The van der Waals surface area contributed by atoms with Crippen molar-refractivity contribution in [1.82, 2.24) is 0 Å². The zero-order valence-electron chi connectivity index (χ0n) is 19.1. The van der Waals surface area contributed by atoms with Crippen molar-refractivity contribution in [2.45, 2.75) is 148 Å². The molecule has 0 bridgehead atoms. The van der Waals surface area contributed by atoms with E-state index >= 15 is 0 Å². The lowest BCUT2D eigenvalue weighted by atomic mass is 10.1. The minimum Gasteiger partial charge on any atom is -0.0912 e. The van der Waals surface area contributed by atoms with Crippen molar-refractivity contribution in [2.24, 2.45) is 0 Å². The second kappa shape index (κ2) is 19.7. The predicted octanol–water partition coefficient (Wildman–Crippen LogP) is 9.92. The monoisotopic (exact) mass is 380 g/mol. The maximum absolute atomic E-state index is 2.71. The first-order valence-corrected chi connectivity index (χ1v) is 15.5. The van der Waals surface area contributed by atoms with Gasteiger partial charge in [-0.25, -0.2) is 0 Å². The van der Waals surface area contributed by atoms with Crippen LogP contribution in [0.15, 0.2) is 12.2 Å². The Morgan fingerprint density at radius 2 is 0.923 bits per heavy atom. The predicted molar refractivity (Wildman–Crippen MR) is 126 cm³/mol. The summed E-state index contributed by atoms with van der Waals surface area (Å²) in [4.78, 5) is 0. The highest BCUT2D eigenvalue weighted by atomic mass is 28.3. The molecule has 0 fully saturated rings. The Bertz CT molecular complexity index is 279. The fraction of sp³-hybridized carbons (Fsp3) is 0.920. The summed E-state index contributed by atoms with van der Waals surface area (Å²) in [5, 5.41) is 0. The third kappa shape index (κ3) is 17.4. The van der Waals surface area contributed by atoms with Crippen LogP contribution in [0.5, 0.6) is 0 Å². The van der Waals surface area contributed by atoms with Gasteiger partial charge in [-0.05, 0) is 18.9 Å². The Hall–Kier alpha value is -0.0431. The van der Waals surface area contributed by atoms with Gasteiger partial charge in [0.15, 0.2) is 0 Å². The molecule has 0 aromatic rings. The number of hydrogen-bond donors (Lipinski definition) is 0.